The molecule has 1 N–H and O–H groups in total. The average Bonchev–Trinajstić information content (AvgIpc) is 2.31. The van der Waals surface area contributed by atoms with Gasteiger partial charge in [0.25, 0.3) is 0 Å². The molecule has 0 aliphatic carbocycles. The van der Waals surface area contributed by atoms with Gasteiger partial charge in [-0.15, -0.1) is 0 Å². The molecule has 18 heavy (non-hydrogen) atoms. The Bertz CT molecular complexity index is 360. The van der Waals surface area contributed by atoms with E-state index in [1.54, 1.807) is 0 Å². The van der Waals surface area contributed by atoms with Crippen molar-refractivity contribution in [2.24, 2.45) is 0 Å². The lowest BCUT2D eigenvalue weighted by atomic mass is 9.90. The van der Waals surface area contributed by atoms with Gasteiger partial charge in [0.05, 0.1) is 5.60 Å². The summed E-state index contributed by atoms with van der Waals surface area (Å²) in [6.45, 7) is 12.4. The molecule has 1 unspecified atom stereocenters. The zero-order chi connectivity index (χ0) is 13.6. The predicted octanol–water partition coefficient (Wildman–Crippen LogP) is 3.33. The van der Waals surface area contributed by atoms with Crippen LogP contribution < -0.4 is 5.32 Å². The second-order valence-electron chi connectivity index (χ2n) is 5.28. The first-order valence-corrected chi connectivity index (χ1v) is 6.93. The SMILES string of the molecule is CCNC(Cc1ccccc1C)C(C)(C)OCC. The lowest BCUT2D eigenvalue weighted by Gasteiger charge is -2.35. The van der Waals surface area contributed by atoms with Gasteiger partial charge in [0.2, 0.25) is 0 Å². The maximum atomic E-state index is 5.89. The number of nitrogens with one attached hydrogen (secondary N) is 1. The van der Waals surface area contributed by atoms with Crippen molar-refractivity contribution in [2.75, 3.05) is 13.2 Å². The highest BCUT2D eigenvalue weighted by molar-refractivity contribution is 5.26. The number of ether oxygens (including phenoxy) is 1. The fourth-order valence-corrected chi connectivity index (χ4v) is 2.34. The Hall–Kier alpha value is -0.860. The molecule has 0 heterocycles. The molecule has 0 aliphatic rings. The van der Waals surface area contributed by atoms with Crippen LogP contribution in [0.4, 0.5) is 0 Å². The summed E-state index contributed by atoms with van der Waals surface area (Å²) in [5, 5.41) is 3.56. The van der Waals surface area contributed by atoms with E-state index in [2.05, 4.69) is 64.2 Å². The van der Waals surface area contributed by atoms with Crippen molar-refractivity contribution in [3.63, 3.8) is 0 Å². The lowest BCUT2D eigenvalue weighted by molar-refractivity contribution is -0.0377. The lowest BCUT2D eigenvalue weighted by Crippen LogP contribution is -2.50. The van der Waals surface area contributed by atoms with Gasteiger partial charge in [-0.25, -0.2) is 0 Å². The van der Waals surface area contributed by atoms with Gasteiger partial charge in [-0.05, 0) is 51.8 Å². The molecular weight excluding hydrogens is 222 g/mol. The van der Waals surface area contributed by atoms with Crippen molar-refractivity contribution in [3.8, 4) is 0 Å². The molecule has 0 bridgehead atoms. The normalized spacial score (nSPS) is 13.6. The third-order valence-electron chi connectivity index (χ3n) is 3.49. The van der Waals surface area contributed by atoms with E-state index >= 15 is 0 Å². The molecule has 2 heteroatoms. The molecule has 0 fully saturated rings. The first kappa shape index (κ1) is 15.2. The minimum Gasteiger partial charge on any atom is -0.374 e. The fourth-order valence-electron chi connectivity index (χ4n) is 2.34. The minimum absolute atomic E-state index is 0.146. The van der Waals surface area contributed by atoms with Crippen molar-refractivity contribution in [3.05, 3.63) is 35.4 Å². The molecule has 1 rings (SSSR count). The van der Waals surface area contributed by atoms with E-state index in [-0.39, 0.29) is 5.60 Å². The predicted molar refractivity (Wildman–Crippen MR) is 78.1 cm³/mol. The van der Waals surface area contributed by atoms with Gasteiger partial charge in [-0.1, -0.05) is 31.2 Å². The molecule has 0 amide bonds. The molecule has 0 saturated carbocycles. The monoisotopic (exact) mass is 249 g/mol. The maximum Gasteiger partial charge on any atom is 0.0781 e. The Morgan fingerprint density at radius 3 is 2.44 bits per heavy atom. The summed E-state index contributed by atoms with van der Waals surface area (Å²) in [7, 11) is 0. The van der Waals surface area contributed by atoms with Gasteiger partial charge in [-0.3, -0.25) is 0 Å². The van der Waals surface area contributed by atoms with Crippen molar-refractivity contribution >= 4 is 0 Å². The van der Waals surface area contributed by atoms with Crippen LogP contribution in [-0.4, -0.2) is 24.8 Å². The summed E-state index contributed by atoms with van der Waals surface area (Å²) in [5.74, 6) is 0. The molecule has 0 saturated heterocycles. The van der Waals surface area contributed by atoms with Crippen LogP contribution in [0.1, 0.15) is 38.8 Å². The summed E-state index contributed by atoms with van der Waals surface area (Å²) in [6, 6.07) is 8.92. The maximum absolute atomic E-state index is 5.89. The summed E-state index contributed by atoms with van der Waals surface area (Å²) in [5.41, 5.74) is 2.61. The van der Waals surface area contributed by atoms with Crippen LogP contribution >= 0.6 is 0 Å². The molecule has 102 valence electrons. The number of benzene rings is 1. The molecular formula is C16H27NO. The Morgan fingerprint density at radius 2 is 1.89 bits per heavy atom. The van der Waals surface area contributed by atoms with E-state index in [0.29, 0.717) is 6.04 Å². The van der Waals surface area contributed by atoms with E-state index in [9.17, 15) is 0 Å². The van der Waals surface area contributed by atoms with Gasteiger partial charge >= 0.3 is 0 Å². The number of likely N-dealkylation sites (N-methyl/N-ethyl adjacent to an activating group) is 1. The van der Waals surface area contributed by atoms with Crippen LogP contribution in [0.2, 0.25) is 0 Å². The highest BCUT2D eigenvalue weighted by Gasteiger charge is 2.29. The molecule has 1 aromatic carbocycles. The molecule has 0 aromatic heterocycles. The van der Waals surface area contributed by atoms with E-state index in [0.717, 1.165) is 19.6 Å². The van der Waals surface area contributed by atoms with Crippen molar-refractivity contribution < 1.29 is 4.74 Å². The zero-order valence-corrected chi connectivity index (χ0v) is 12.4. The van der Waals surface area contributed by atoms with E-state index < -0.39 is 0 Å². The van der Waals surface area contributed by atoms with Crippen molar-refractivity contribution in [1.82, 2.24) is 5.32 Å². The standard InChI is InChI=1S/C16H27NO/c1-6-17-15(16(4,5)18-7-2)12-14-11-9-8-10-13(14)3/h8-11,15,17H,6-7,12H2,1-5H3. The van der Waals surface area contributed by atoms with Crippen LogP contribution in [0.15, 0.2) is 24.3 Å². The zero-order valence-electron chi connectivity index (χ0n) is 12.4. The number of hydrogen-bond donors (Lipinski definition) is 1. The second kappa shape index (κ2) is 6.91. The van der Waals surface area contributed by atoms with E-state index in [1.165, 1.54) is 11.1 Å². The Kier molecular flexibility index (Phi) is 5.83. The van der Waals surface area contributed by atoms with Gasteiger partial charge in [-0.2, -0.15) is 0 Å². The highest BCUT2D eigenvalue weighted by atomic mass is 16.5. The molecule has 0 aliphatic heterocycles. The van der Waals surface area contributed by atoms with Crippen molar-refractivity contribution in [1.29, 1.82) is 0 Å². The average molecular weight is 249 g/mol. The fraction of sp³-hybridized carbons (Fsp3) is 0.625. The Labute approximate surface area is 112 Å². The third kappa shape index (κ3) is 4.11. The topological polar surface area (TPSA) is 21.3 Å². The van der Waals surface area contributed by atoms with Crippen LogP contribution in [0.5, 0.6) is 0 Å². The van der Waals surface area contributed by atoms with Crippen LogP contribution in [0.25, 0.3) is 0 Å². The number of aryl methyl sites for hydroxylation is 1. The van der Waals surface area contributed by atoms with Crippen LogP contribution in [0.3, 0.4) is 0 Å². The van der Waals surface area contributed by atoms with Gasteiger partial charge in [0.1, 0.15) is 0 Å². The van der Waals surface area contributed by atoms with Gasteiger partial charge in [0, 0.05) is 12.6 Å². The first-order valence-electron chi connectivity index (χ1n) is 6.93. The summed E-state index contributed by atoms with van der Waals surface area (Å²) in [4.78, 5) is 0. The smallest absolute Gasteiger partial charge is 0.0781 e. The highest BCUT2D eigenvalue weighted by Crippen LogP contribution is 2.20. The molecule has 1 atom stereocenters. The summed E-state index contributed by atoms with van der Waals surface area (Å²) >= 11 is 0. The van der Waals surface area contributed by atoms with E-state index in [4.69, 9.17) is 4.74 Å². The Balaban J connectivity index is 2.83. The summed E-state index contributed by atoms with van der Waals surface area (Å²) in [6.07, 6.45) is 1.01. The summed E-state index contributed by atoms with van der Waals surface area (Å²) < 4.78 is 5.89. The van der Waals surface area contributed by atoms with Gasteiger partial charge < -0.3 is 10.1 Å². The first-order chi connectivity index (χ1) is 8.51. The number of hydrogen-bond acceptors (Lipinski definition) is 2. The Morgan fingerprint density at radius 1 is 1.22 bits per heavy atom. The quantitative estimate of drug-likeness (QED) is 0.800. The molecule has 0 radical (unpaired) electrons. The molecule has 2 nitrogen and oxygen atoms in total. The molecule has 1 aromatic rings. The van der Waals surface area contributed by atoms with Crippen LogP contribution in [0, 0.1) is 6.92 Å². The van der Waals surface area contributed by atoms with Crippen molar-refractivity contribution in [2.45, 2.75) is 52.7 Å². The molecule has 0 spiro atoms. The second-order valence-corrected chi connectivity index (χ2v) is 5.28. The van der Waals surface area contributed by atoms with Crippen LogP contribution in [-0.2, 0) is 11.2 Å². The van der Waals surface area contributed by atoms with Gasteiger partial charge in [0.15, 0.2) is 0 Å². The third-order valence-corrected chi connectivity index (χ3v) is 3.49. The minimum atomic E-state index is -0.146. The van der Waals surface area contributed by atoms with E-state index in [1.807, 2.05) is 0 Å². The largest absolute Gasteiger partial charge is 0.374 e. The number of rotatable bonds is 7.